The van der Waals surface area contributed by atoms with Gasteiger partial charge in [0.15, 0.2) is 0 Å². The Morgan fingerprint density at radius 2 is 2.00 bits per heavy atom. The summed E-state index contributed by atoms with van der Waals surface area (Å²) in [5.41, 5.74) is 2.15. The van der Waals surface area contributed by atoms with Crippen LogP contribution in [0.25, 0.3) is 0 Å². The molecule has 3 nitrogen and oxygen atoms in total. The summed E-state index contributed by atoms with van der Waals surface area (Å²) < 4.78 is 2.23. The van der Waals surface area contributed by atoms with Gasteiger partial charge in [0.2, 0.25) is 0 Å². The molecule has 20 heavy (non-hydrogen) atoms. The molecule has 0 saturated carbocycles. The molecule has 1 N–H and O–H groups in total. The van der Waals surface area contributed by atoms with Crippen molar-refractivity contribution in [2.24, 2.45) is 7.05 Å². The summed E-state index contributed by atoms with van der Waals surface area (Å²) in [6.45, 7) is 12.0. The van der Waals surface area contributed by atoms with Gasteiger partial charge in [-0.3, -0.25) is 4.68 Å². The molecular weight excluding hydrogens is 290 g/mol. The highest BCUT2D eigenvalue weighted by molar-refractivity contribution is 8.00. The van der Waals surface area contributed by atoms with Gasteiger partial charge in [0.05, 0.1) is 16.4 Å². The Hall–Kier alpha value is -0.190. The third-order valence-corrected chi connectivity index (χ3v) is 5.02. The summed E-state index contributed by atoms with van der Waals surface area (Å²) in [5, 5.41) is 8.91. The van der Waals surface area contributed by atoms with Crippen molar-refractivity contribution in [1.29, 1.82) is 0 Å². The van der Waals surface area contributed by atoms with Crippen LogP contribution in [0.3, 0.4) is 0 Å². The molecule has 1 aromatic rings. The Balaban J connectivity index is 2.77. The highest BCUT2D eigenvalue weighted by Gasteiger charge is 2.20. The van der Waals surface area contributed by atoms with Crippen LogP contribution in [0.1, 0.15) is 46.0 Å². The summed E-state index contributed by atoms with van der Waals surface area (Å²) in [7, 11) is 1.99. The largest absolute Gasteiger partial charge is 0.313 e. The maximum Gasteiger partial charge on any atom is 0.0850 e. The van der Waals surface area contributed by atoms with Crippen LogP contribution in [0, 0.1) is 0 Å². The molecule has 5 heteroatoms. The van der Waals surface area contributed by atoms with Crippen molar-refractivity contribution in [3.8, 4) is 0 Å². The molecule has 1 rings (SSSR count). The van der Waals surface area contributed by atoms with Crippen molar-refractivity contribution in [2.45, 2.75) is 58.2 Å². The first-order valence-electron chi connectivity index (χ1n) is 7.36. The molecular formula is C15H28ClN3S. The Kier molecular flexibility index (Phi) is 6.89. The fraction of sp³-hybridized carbons (Fsp3) is 0.800. The number of aryl methyl sites for hydroxylation is 2. The summed E-state index contributed by atoms with van der Waals surface area (Å²) >= 11 is 8.44. The number of likely N-dealkylation sites (N-methyl/N-ethyl adjacent to an activating group) is 1. The van der Waals surface area contributed by atoms with Crippen LogP contribution in [0.2, 0.25) is 5.02 Å². The van der Waals surface area contributed by atoms with E-state index in [0.717, 1.165) is 41.5 Å². The fourth-order valence-corrected chi connectivity index (χ4v) is 3.41. The molecule has 1 unspecified atom stereocenters. The molecule has 0 aliphatic heterocycles. The number of nitrogens with zero attached hydrogens (tertiary/aromatic N) is 2. The lowest BCUT2D eigenvalue weighted by Crippen LogP contribution is -2.35. The predicted molar refractivity (Wildman–Crippen MR) is 91.0 cm³/mol. The van der Waals surface area contributed by atoms with E-state index >= 15 is 0 Å². The summed E-state index contributed by atoms with van der Waals surface area (Å²) in [6.07, 6.45) is 1.81. The first kappa shape index (κ1) is 17.9. The van der Waals surface area contributed by atoms with E-state index in [9.17, 15) is 0 Å². The van der Waals surface area contributed by atoms with Gasteiger partial charge in [-0.15, -0.1) is 0 Å². The topological polar surface area (TPSA) is 29.9 Å². The molecule has 0 bridgehead atoms. The number of halogens is 1. The minimum absolute atomic E-state index is 0.290. The van der Waals surface area contributed by atoms with Crippen LogP contribution in [0.15, 0.2) is 0 Å². The lowest BCUT2D eigenvalue weighted by Gasteiger charge is -2.23. The number of rotatable bonds is 7. The molecule has 0 amide bonds. The molecule has 1 atom stereocenters. The van der Waals surface area contributed by atoms with E-state index in [4.69, 9.17) is 11.6 Å². The second kappa shape index (κ2) is 7.71. The molecule has 1 aromatic heterocycles. The molecule has 116 valence electrons. The number of nitrogens with one attached hydrogen (secondary N) is 1. The summed E-state index contributed by atoms with van der Waals surface area (Å²) in [6, 6.07) is 0.432. The number of hydrogen-bond donors (Lipinski definition) is 1. The van der Waals surface area contributed by atoms with Gasteiger partial charge in [0, 0.05) is 30.0 Å². The van der Waals surface area contributed by atoms with E-state index in [1.54, 1.807) is 0 Å². The Bertz CT molecular complexity index is 423. The number of aromatic nitrogens is 2. The molecule has 0 radical (unpaired) electrons. The Morgan fingerprint density at radius 1 is 1.35 bits per heavy atom. The van der Waals surface area contributed by atoms with Crippen LogP contribution in [-0.4, -0.2) is 32.9 Å². The summed E-state index contributed by atoms with van der Waals surface area (Å²) in [4.78, 5) is 0. The van der Waals surface area contributed by atoms with E-state index in [1.807, 2.05) is 23.5 Å². The minimum atomic E-state index is 0.290. The van der Waals surface area contributed by atoms with Gasteiger partial charge in [-0.05, 0) is 13.0 Å². The molecule has 0 saturated heterocycles. The smallest absolute Gasteiger partial charge is 0.0850 e. The molecule has 0 aliphatic rings. The van der Waals surface area contributed by atoms with E-state index < -0.39 is 0 Å². The van der Waals surface area contributed by atoms with Gasteiger partial charge in [-0.1, -0.05) is 46.2 Å². The maximum absolute atomic E-state index is 6.45. The zero-order valence-electron chi connectivity index (χ0n) is 13.6. The highest BCUT2D eigenvalue weighted by Crippen LogP contribution is 2.26. The monoisotopic (exact) mass is 317 g/mol. The number of thioether (sulfide) groups is 1. The van der Waals surface area contributed by atoms with Crippen LogP contribution in [-0.2, 0) is 19.9 Å². The summed E-state index contributed by atoms with van der Waals surface area (Å²) in [5.74, 6) is 1.08. The lowest BCUT2D eigenvalue weighted by atomic mass is 10.1. The third-order valence-electron chi connectivity index (χ3n) is 3.15. The average Bonchev–Trinajstić information content (AvgIpc) is 2.62. The van der Waals surface area contributed by atoms with Crippen molar-refractivity contribution >= 4 is 23.4 Å². The Labute approximate surface area is 132 Å². The van der Waals surface area contributed by atoms with Crippen LogP contribution in [0.5, 0.6) is 0 Å². The zero-order chi connectivity index (χ0) is 15.3. The molecule has 0 aromatic carbocycles. The van der Waals surface area contributed by atoms with Gasteiger partial charge in [0.25, 0.3) is 0 Å². The van der Waals surface area contributed by atoms with Gasteiger partial charge in [-0.25, -0.2) is 0 Å². The van der Waals surface area contributed by atoms with E-state index in [0.29, 0.717) is 10.8 Å². The fourth-order valence-electron chi connectivity index (χ4n) is 2.10. The van der Waals surface area contributed by atoms with Crippen molar-refractivity contribution in [3.05, 3.63) is 16.4 Å². The van der Waals surface area contributed by atoms with Crippen LogP contribution < -0.4 is 5.32 Å². The molecule has 0 fully saturated rings. The maximum atomic E-state index is 6.45. The first-order chi connectivity index (χ1) is 9.28. The lowest BCUT2D eigenvalue weighted by molar-refractivity contribution is 0.547. The first-order valence-corrected chi connectivity index (χ1v) is 8.72. The predicted octanol–water partition coefficient (Wildman–Crippen LogP) is 3.69. The number of hydrogen-bond acceptors (Lipinski definition) is 3. The van der Waals surface area contributed by atoms with Gasteiger partial charge < -0.3 is 5.32 Å². The van der Waals surface area contributed by atoms with Gasteiger partial charge >= 0.3 is 0 Å². The van der Waals surface area contributed by atoms with Crippen molar-refractivity contribution in [3.63, 3.8) is 0 Å². The normalized spacial score (nSPS) is 13.8. The second-order valence-corrected chi connectivity index (χ2v) is 8.29. The SMILES string of the molecule is CCNC(CSC(C)(C)C)Cc1c(Cl)c(CC)nn1C. The molecule has 1 heterocycles. The van der Waals surface area contributed by atoms with Crippen molar-refractivity contribution in [1.82, 2.24) is 15.1 Å². The molecule has 0 aliphatic carbocycles. The molecule has 0 spiro atoms. The standard InChI is InChI=1S/C15H28ClN3S/c1-7-12-14(16)13(19(6)18-12)9-11(17-8-2)10-20-15(3,4)5/h11,17H,7-10H2,1-6H3. The minimum Gasteiger partial charge on any atom is -0.313 e. The average molecular weight is 318 g/mol. The zero-order valence-corrected chi connectivity index (χ0v) is 15.2. The second-order valence-electron chi connectivity index (χ2n) is 6.07. The third kappa shape index (κ3) is 5.30. The highest BCUT2D eigenvalue weighted by atomic mass is 35.5. The van der Waals surface area contributed by atoms with Gasteiger partial charge in [0.1, 0.15) is 0 Å². The van der Waals surface area contributed by atoms with Crippen LogP contribution >= 0.6 is 23.4 Å². The van der Waals surface area contributed by atoms with E-state index in [2.05, 4.69) is 45.0 Å². The van der Waals surface area contributed by atoms with Gasteiger partial charge in [-0.2, -0.15) is 16.9 Å². The van der Waals surface area contributed by atoms with Crippen molar-refractivity contribution in [2.75, 3.05) is 12.3 Å². The van der Waals surface area contributed by atoms with E-state index in [-0.39, 0.29) is 0 Å². The Morgan fingerprint density at radius 3 is 2.45 bits per heavy atom. The van der Waals surface area contributed by atoms with E-state index in [1.165, 1.54) is 0 Å². The quantitative estimate of drug-likeness (QED) is 0.832. The van der Waals surface area contributed by atoms with Crippen LogP contribution in [0.4, 0.5) is 0 Å². The van der Waals surface area contributed by atoms with Crippen molar-refractivity contribution < 1.29 is 0 Å².